The van der Waals surface area contributed by atoms with Gasteiger partial charge in [0.15, 0.2) is 0 Å². The Labute approximate surface area is 124 Å². The Balaban J connectivity index is 1.94. The highest BCUT2D eigenvalue weighted by Gasteiger charge is 2.28. The van der Waals surface area contributed by atoms with Gasteiger partial charge in [-0.15, -0.1) is 0 Å². The van der Waals surface area contributed by atoms with Crippen LogP contribution in [0.2, 0.25) is 0 Å². The number of benzene rings is 2. The van der Waals surface area contributed by atoms with Crippen LogP contribution in [0.15, 0.2) is 42.5 Å². The Kier molecular flexibility index (Phi) is 3.93. The quantitative estimate of drug-likeness (QED) is 0.926. The molecule has 3 heteroatoms. The zero-order valence-electron chi connectivity index (χ0n) is 12.2. The van der Waals surface area contributed by atoms with Gasteiger partial charge >= 0.3 is 0 Å². The molecule has 2 N–H and O–H groups in total. The number of methoxy groups -OCH3 is 1. The number of fused-ring (bicyclic) bond motifs is 1. The molecule has 0 heterocycles. The summed E-state index contributed by atoms with van der Waals surface area (Å²) in [5.41, 5.74) is 9.58. The van der Waals surface area contributed by atoms with Crippen LogP contribution < -0.4 is 10.5 Å². The molecular weight excluding hydrogens is 265 g/mol. The van der Waals surface area contributed by atoms with E-state index in [-0.39, 0.29) is 17.8 Å². The van der Waals surface area contributed by atoms with Crippen molar-refractivity contribution in [2.45, 2.75) is 31.2 Å². The highest BCUT2D eigenvalue weighted by atomic mass is 19.1. The predicted molar refractivity (Wildman–Crippen MR) is 82.0 cm³/mol. The Hall–Kier alpha value is -1.87. The fourth-order valence-corrected chi connectivity index (χ4v) is 3.29. The third-order valence-corrected chi connectivity index (χ3v) is 4.42. The first kappa shape index (κ1) is 14.1. The molecule has 1 aliphatic rings. The molecule has 21 heavy (non-hydrogen) atoms. The highest BCUT2D eigenvalue weighted by Crippen LogP contribution is 2.40. The third kappa shape index (κ3) is 2.66. The fraction of sp³-hybridized carbons (Fsp3) is 0.333. The lowest BCUT2D eigenvalue weighted by Gasteiger charge is -2.30. The predicted octanol–water partition coefficient (Wildman–Crippen LogP) is 3.95. The highest BCUT2D eigenvalue weighted by molar-refractivity contribution is 5.38. The summed E-state index contributed by atoms with van der Waals surface area (Å²) in [6, 6.07) is 13.0. The lowest BCUT2D eigenvalue weighted by atomic mass is 9.77. The third-order valence-electron chi connectivity index (χ3n) is 4.42. The maximum atomic E-state index is 14.3. The molecule has 2 aromatic rings. The maximum absolute atomic E-state index is 14.3. The zero-order chi connectivity index (χ0) is 14.8. The van der Waals surface area contributed by atoms with Gasteiger partial charge in [0.05, 0.1) is 7.11 Å². The minimum absolute atomic E-state index is 0.179. The van der Waals surface area contributed by atoms with Gasteiger partial charge < -0.3 is 10.5 Å². The molecule has 3 rings (SSSR count). The first-order chi connectivity index (χ1) is 10.2. The standard InChI is InChI=1S/C18H20FNO/c1-21-13-9-10-16(17(19)11-13)18(20)15-8-4-6-12-5-2-3-7-14(12)15/h2-3,5,7,9-11,15,18H,4,6,8,20H2,1H3. The molecule has 0 fully saturated rings. The summed E-state index contributed by atoms with van der Waals surface area (Å²) in [7, 11) is 1.53. The van der Waals surface area contributed by atoms with Crippen LogP contribution in [-0.4, -0.2) is 7.11 Å². The molecule has 0 radical (unpaired) electrons. The number of hydrogen-bond donors (Lipinski definition) is 1. The Bertz CT molecular complexity index is 641. The van der Waals surface area contributed by atoms with E-state index in [0.29, 0.717) is 11.3 Å². The number of aryl methyl sites for hydroxylation is 1. The second kappa shape index (κ2) is 5.86. The van der Waals surface area contributed by atoms with E-state index in [4.69, 9.17) is 10.5 Å². The van der Waals surface area contributed by atoms with Crippen molar-refractivity contribution in [3.05, 3.63) is 65.0 Å². The van der Waals surface area contributed by atoms with Crippen LogP contribution >= 0.6 is 0 Å². The van der Waals surface area contributed by atoms with E-state index in [1.54, 1.807) is 12.1 Å². The second-order valence-electron chi connectivity index (χ2n) is 5.61. The maximum Gasteiger partial charge on any atom is 0.131 e. The van der Waals surface area contributed by atoms with Crippen LogP contribution in [0.4, 0.5) is 4.39 Å². The van der Waals surface area contributed by atoms with Crippen molar-refractivity contribution < 1.29 is 9.13 Å². The van der Waals surface area contributed by atoms with Gasteiger partial charge in [0.2, 0.25) is 0 Å². The Morgan fingerprint density at radius 2 is 2.05 bits per heavy atom. The number of ether oxygens (including phenoxy) is 1. The Morgan fingerprint density at radius 1 is 1.24 bits per heavy atom. The van der Waals surface area contributed by atoms with Gasteiger partial charge in [0, 0.05) is 23.6 Å². The van der Waals surface area contributed by atoms with Crippen molar-refractivity contribution in [1.82, 2.24) is 0 Å². The second-order valence-corrected chi connectivity index (χ2v) is 5.61. The normalized spacial score (nSPS) is 18.9. The largest absolute Gasteiger partial charge is 0.497 e. The smallest absolute Gasteiger partial charge is 0.131 e. The van der Waals surface area contributed by atoms with Gasteiger partial charge in [-0.25, -0.2) is 4.39 Å². The van der Waals surface area contributed by atoms with E-state index in [9.17, 15) is 4.39 Å². The van der Waals surface area contributed by atoms with Gasteiger partial charge in [-0.3, -0.25) is 0 Å². The van der Waals surface area contributed by atoms with E-state index >= 15 is 0 Å². The van der Waals surface area contributed by atoms with Gasteiger partial charge in [-0.1, -0.05) is 30.3 Å². The number of hydrogen-bond acceptors (Lipinski definition) is 2. The fourth-order valence-electron chi connectivity index (χ4n) is 3.29. The minimum atomic E-state index is -0.322. The first-order valence-corrected chi connectivity index (χ1v) is 7.37. The van der Waals surface area contributed by atoms with Crippen LogP contribution in [0.1, 0.15) is 41.5 Å². The van der Waals surface area contributed by atoms with E-state index in [2.05, 4.69) is 18.2 Å². The summed E-state index contributed by atoms with van der Waals surface area (Å²) in [5.74, 6) is 0.412. The summed E-state index contributed by atoms with van der Waals surface area (Å²) < 4.78 is 19.3. The monoisotopic (exact) mass is 285 g/mol. The summed E-state index contributed by atoms with van der Waals surface area (Å²) in [4.78, 5) is 0. The number of nitrogens with two attached hydrogens (primary N) is 1. The average molecular weight is 285 g/mol. The van der Waals surface area contributed by atoms with E-state index in [1.807, 2.05) is 6.07 Å². The number of halogens is 1. The van der Waals surface area contributed by atoms with Crippen molar-refractivity contribution in [1.29, 1.82) is 0 Å². The summed E-state index contributed by atoms with van der Waals surface area (Å²) in [6.07, 6.45) is 3.20. The molecule has 1 aliphatic carbocycles. The summed E-state index contributed by atoms with van der Waals surface area (Å²) in [6.45, 7) is 0. The van der Waals surface area contributed by atoms with Crippen molar-refractivity contribution >= 4 is 0 Å². The van der Waals surface area contributed by atoms with Gasteiger partial charge in [0.25, 0.3) is 0 Å². The molecule has 0 amide bonds. The van der Waals surface area contributed by atoms with E-state index < -0.39 is 0 Å². The van der Waals surface area contributed by atoms with Crippen LogP contribution in [0.25, 0.3) is 0 Å². The van der Waals surface area contributed by atoms with Crippen LogP contribution in [-0.2, 0) is 6.42 Å². The summed E-state index contributed by atoms with van der Waals surface area (Å²) >= 11 is 0. The van der Waals surface area contributed by atoms with Crippen molar-refractivity contribution in [2.24, 2.45) is 5.73 Å². The molecule has 2 nitrogen and oxygen atoms in total. The van der Waals surface area contributed by atoms with Crippen molar-refractivity contribution in [3.63, 3.8) is 0 Å². The van der Waals surface area contributed by atoms with Gasteiger partial charge in [-0.2, -0.15) is 0 Å². The Morgan fingerprint density at radius 3 is 2.81 bits per heavy atom. The molecule has 2 unspecified atom stereocenters. The lowest BCUT2D eigenvalue weighted by molar-refractivity contribution is 0.408. The molecule has 2 aromatic carbocycles. The van der Waals surface area contributed by atoms with Crippen molar-refractivity contribution in [3.8, 4) is 5.75 Å². The van der Waals surface area contributed by atoms with Crippen LogP contribution in [0.3, 0.4) is 0 Å². The number of rotatable bonds is 3. The topological polar surface area (TPSA) is 35.2 Å². The van der Waals surface area contributed by atoms with E-state index in [1.165, 1.54) is 24.3 Å². The zero-order valence-corrected chi connectivity index (χ0v) is 12.2. The average Bonchev–Trinajstić information content (AvgIpc) is 2.53. The van der Waals surface area contributed by atoms with Crippen LogP contribution in [0.5, 0.6) is 5.75 Å². The van der Waals surface area contributed by atoms with E-state index in [0.717, 1.165) is 19.3 Å². The minimum Gasteiger partial charge on any atom is -0.497 e. The SMILES string of the molecule is COc1ccc(C(N)C2CCCc3ccccc32)c(F)c1. The molecule has 110 valence electrons. The lowest BCUT2D eigenvalue weighted by Crippen LogP contribution is -2.24. The molecule has 0 bridgehead atoms. The molecule has 0 saturated carbocycles. The first-order valence-electron chi connectivity index (χ1n) is 7.37. The van der Waals surface area contributed by atoms with Gasteiger partial charge in [-0.05, 0) is 36.5 Å². The molecular formula is C18H20FNO. The van der Waals surface area contributed by atoms with Crippen LogP contribution in [0, 0.1) is 5.82 Å². The molecule has 0 aliphatic heterocycles. The molecule has 0 spiro atoms. The van der Waals surface area contributed by atoms with Crippen molar-refractivity contribution in [2.75, 3.05) is 7.11 Å². The van der Waals surface area contributed by atoms with Gasteiger partial charge in [0.1, 0.15) is 11.6 Å². The summed E-state index contributed by atoms with van der Waals surface area (Å²) in [5, 5.41) is 0. The molecule has 0 aromatic heterocycles. The molecule has 2 atom stereocenters. The molecule has 0 saturated heterocycles.